The molecule has 4 aliphatic carbocycles. The van der Waals surface area contributed by atoms with Crippen molar-refractivity contribution in [2.45, 2.75) is 272 Å². The number of hydrogen-bond donors (Lipinski definition) is 16. The maximum atomic E-state index is 11.8. The van der Waals surface area contributed by atoms with E-state index < -0.39 is 191 Å². The molecule has 486 valence electrons. The van der Waals surface area contributed by atoms with Gasteiger partial charge in [0.2, 0.25) is 0 Å². The molecule has 0 bridgehead atoms. The van der Waals surface area contributed by atoms with E-state index in [9.17, 15) is 81.7 Å². The van der Waals surface area contributed by atoms with Gasteiger partial charge in [0.15, 0.2) is 25.2 Å². The number of allylic oxidation sites excluding steroid dienone is 1. The van der Waals surface area contributed by atoms with Crippen molar-refractivity contribution in [1.82, 2.24) is 0 Å². The standard InChI is InChI=1S/C59H100O25/c1-25(9-13-37(56(4,5)75)83-54-50(84-53-48(74)44(70)40(66)33(22-62)80-53)45(71)41(67)34(81-54)24-77-51-30(64)19-26(63)23-76-51)27-15-16-59(8)35-12-10-28-29(57(35,6)17-18-58(27,59)7)11-14-36(55(28,2)3)82-52-47(73)42(68)38(31(20-60)79-52)49-46(72)43(69)39(65)32(21-61)78-49/h10,25-27,29-54,60-75H,9,11-24H2,1-8H3/t25-,26+,27?,29?,30-,31-,32-,33+,34-,35?,36+,37-,38-,39-,40+,41-,42+,43+,44-,45+,46-,47-,48+,49?,50-,51+,52+,53-,54+,57+,58-,59+/m1/s1. The Morgan fingerprint density at radius 3 is 1.85 bits per heavy atom. The zero-order valence-corrected chi connectivity index (χ0v) is 49.8. The van der Waals surface area contributed by atoms with Crippen LogP contribution in [-0.4, -0.2) is 268 Å². The molecule has 0 aromatic carbocycles. The van der Waals surface area contributed by atoms with Crippen molar-refractivity contribution in [3.05, 3.63) is 11.6 Å². The normalized spacial score (nSPS) is 51.5. The molecule has 16 N–H and O–H groups in total. The van der Waals surface area contributed by atoms with Gasteiger partial charge in [-0.05, 0) is 112 Å². The molecule has 32 atom stereocenters. The van der Waals surface area contributed by atoms with E-state index in [1.807, 2.05) is 0 Å². The molecule has 9 aliphatic rings. The Morgan fingerprint density at radius 1 is 0.607 bits per heavy atom. The van der Waals surface area contributed by atoms with Crippen LogP contribution in [0, 0.1) is 51.2 Å². The van der Waals surface area contributed by atoms with Gasteiger partial charge < -0.3 is 124 Å². The van der Waals surface area contributed by atoms with Crippen LogP contribution in [0.2, 0.25) is 0 Å². The van der Waals surface area contributed by atoms with E-state index in [2.05, 4.69) is 47.6 Å². The number of fused-ring (bicyclic) bond motifs is 5. The average Bonchev–Trinajstić information content (AvgIpc) is 1.36. The lowest BCUT2D eigenvalue weighted by molar-refractivity contribution is -0.378. The summed E-state index contributed by atoms with van der Waals surface area (Å²) in [7, 11) is 0. The SMILES string of the molecule is C[C@H](CC[C@@H](O[C@@H]1O[C@H](CO[C@@H]2OC[C@@H](O)C[C@H]2O)[C@@H](O)[C@H](O)[C@H]1O[C@H]1O[C@@H](CO)[C@H](O)[C@@H](O)[C@@H]1O)C(C)(C)O)C1CC[C@@]2(C)C3CC=C4C(CC[C@H](O[C@@H]5O[C@H](CO)[C@@H](C6O[C@H](CO)[C@@H](O)[C@H](O)[C@H]6O)[C@H](O)[C@H]5O)C4(C)C)[C@]3(C)CC[C@]12C. The van der Waals surface area contributed by atoms with Crippen molar-refractivity contribution < 1.29 is 124 Å². The lowest BCUT2D eigenvalue weighted by Gasteiger charge is -2.66. The summed E-state index contributed by atoms with van der Waals surface area (Å²) < 4.78 is 54.4. The summed E-state index contributed by atoms with van der Waals surface area (Å²) in [5.41, 5.74) is -1.00. The Balaban J connectivity index is 0.875. The van der Waals surface area contributed by atoms with Crippen LogP contribution in [0.3, 0.4) is 0 Å². The summed E-state index contributed by atoms with van der Waals surface area (Å²) in [6.45, 7) is 14.4. The van der Waals surface area contributed by atoms with Gasteiger partial charge in [-0.3, -0.25) is 0 Å². The van der Waals surface area contributed by atoms with Gasteiger partial charge >= 0.3 is 0 Å². The second-order valence-corrected chi connectivity index (χ2v) is 28.1. The second kappa shape index (κ2) is 25.8. The third-order valence-electron chi connectivity index (χ3n) is 22.6. The predicted octanol–water partition coefficient (Wildman–Crippen LogP) is -2.44. The lowest BCUT2D eigenvalue weighted by atomic mass is 9.39. The molecule has 3 saturated carbocycles. The van der Waals surface area contributed by atoms with Gasteiger partial charge in [0, 0.05) is 17.8 Å². The highest BCUT2D eigenvalue weighted by Crippen LogP contribution is 2.75. The first-order valence-electron chi connectivity index (χ1n) is 30.6. The van der Waals surface area contributed by atoms with Gasteiger partial charge in [-0.2, -0.15) is 0 Å². The molecular formula is C59H100O25. The molecule has 0 radical (unpaired) electrons. The molecule has 8 fully saturated rings. The number of aliphatic hydroxyl groups is 16. The number of ether oxygens (including phenoxy) is 9. The van der Waals surface area contributed by atoms with Crippen LogP contribution in [0.15, 0.2) is 11.6 Å². The Kier molecular flexibility index (Phi) is 20.6. The molecular weight excluding hydrogens is 1110 g/mol. The van der Waals surface area contributed by atoms with Gasteiger partial charge in [-0.15, -0.1) is 0 Å². The molecule has 4 unspecified atom stereocenters. The van der Waals surface area contributed by atoms with Crippen LogP contribution in [0.25, 0.3) is 0 Å². The van der Waals surface area contributed by atoms with Gasteiger partial charge in [-0.1, -0.05) is 53.2 Å². The first-order valence-corrected chi connectivity index (χ1v) is 30.6. The van der Waals surface area contributed by atoms with Crippen molar-refractivity contribution in [3.8, 4) is 0 Å². The molecule has 0 spiro atoms. The van der Waals surface area contributed by atoms with Crippen LogP contribution in [0.4, 0.5) is 0 Å². The molecule has 25 heteroatoms. The molecule has 0 amide bonds. The molecule has 5 saturated heterocycles. The zero-order chi connectivity index (χ0) is 61.5. The van der Waals surface area contributed by atoms with E-state index in [-0.39, 0.29) is 47.0 Å². The minimum atomic E-state index is -1.88. The highest BCUT2D eigenvalue weighted by molar-refractivity contribution is 5.30. The monoisotopic (exact) mass is 1210 g/mol. The van der Waals surface area contributed by atoms with Gasteiger partial charge in [-0.25, -0.2) is 0 Å². The van der Waals surface area contributed by atoms with E-state index in [4.69, 9.17) is 42.6 Å². The van der Waals surface area contributed by atoms with Crippen LogP contribution in [0.5, 0.6) is 0 Å². The maximum absolute atomic E-state index is 11.8. The quantitative estimate of drug-likeness (QED) is 0.0634. The number of rotatable bonds is 18. The van der Waals surface area contributed by atoms with E-state index in [0.29, 0.717) is 25.2 Å². The Labute approximate surface area is 491 Å². The van der Waals surface area contributed by atoms with E-state index in [1.54, 1.807) is 13.8 Å². The van der Waals surface area contributed by atoms with Crippen LogP contribution < -0.4 is 0 Å². The third kappa shape index (κ3) is 12.1. The molecule has 25 nitrogen and oxygen atoms in total. The topological polar surface area (TPSA) is 407 Å². The van der Waals surface area contributed by atoms with Crippen LogP contribution in [0.1, 0.15) is 120 Å². The molecule has 9 rings (SSSR count). The summed E-state index contributed by atoms with van der Waals surface area (Å²) in [5.74, 6) is -0.286. The van der Waals surface area contributed by atoms with Crippen molar-refractivity contribution in [2.75, 3.05) is 33.0 Å². The Morgan fingerprint density at radius 2 is 1.20 bits per heavy atom. The molecule has 5 heterocycles. The summed E-state index contributed by atoms with van der Waals surface area (Å²) >= 11 is 0. The largest absolute Gasteiger partial charge is 0.394 e. The number of aliphatic hydroxyl groups excluding tert-OH is 15. The van der Waals surface area contributed by atoms with E-state index >= 15 is 0 Å². The summed E-state index contributed by atoms with van der Waals surface area (Å²) in [5, 5.41) is 173. The first-order chi connectivity index (χ1) is 39.4. The fourth-order valence-electron chi connectivity index (χ4n) is 17.2. The predicted molar refractivity (Wildman–Crippen MR) is 290 cm³/mol. The van der Waals surface area contributed by atoms with Crippen molar-refractivity contribution >= 4 is 0 Å². The minimum Gasteiger partial charge on any atom is -0.394 e. The fraction of sp³-hybridized carbons (Fsp3) is 0.966. The smallest absolute Gasteiger partial charge is 0.187 e. The summed E-state index contributed by atoms with van der Waals surface area (Å²) in [6, 6.07) is 0. The Bertz CT molecular complexity index is 2200. The van der Waals surface area contributed by atoms with E-state index in [0.717, 1.165) is 38.5 Å². The van der Waals surface area contributed by atoms with Crippen molar-refractivity contribution in [1.29, 1.82) is 0 Å². The van der Waals surface area contributed by atoms with Gasteiger partial charge in [0.05, 0.1) is 75.3 Å². The highest BCUT2D eigenvalue weighted by atomic mass is 16.8. The molecule has 0 aromatic heterocycles. The third-order valence-corrected chi connectivity index (χ3v) is 22.6. The fourth-order valence-corrected chi connectivity index (χ4v) is 17.2. The molecule has 5 aliphatic heterocycles. The lowest BCUT2D eigenvalue weighted by Crippen LogP contribution is -2.67. The summed E-state index contributed by atoms with van der Waals surface area (Å²) in [6.07, 6.45) is -25.6. The molecule has 0 aromatic rings. The van der Waals surface area contributed by atoms with Crippen molar-refractivity contribution in [2.24, 2.45) is 51.2 Å². The van der Waals surface area contributed by atoms with Crippen LogP contribution >= 0.6 is 0 Å². The molecule has 84 heavy (non-hydrogen) atoms. The maximum Gasteiger partial charge on any atom is 0.187 e. The Hall–Kier alpha value is -1.26. The second-order valence-electron chi connectivity index (χ2n) is 28.1. The average molecular weight is 1210 g/mol. The van der Waals surface area contributed by atoms with Crippen LogP contribution in [-0.2, 0) is 42.6 Å². The number of hydrogen-bond acceptors (Lipinski definition) is 25. The van der Waals surface area contributed by atoms with Gasteiger partial charge in [0.1, 0.15) is 85.5 Å². The summed E-state index contributed by atoms with van der Waals surface area (Å²) in [4.78, 5) is 0. The first kappa shape index (κ1) is 67.1. The minimum absolute atomic E-state index is 0.0258. The van der Waals surface area contributed by atoms with Gasteiger partial charge in [0.25, 0.3) is 0 Å². The zero-order valence-electron chi connectivity index (χ0n) is 49.8. The highest BCUT2D eigenvalue weighted by Gasteiger charge is 2.68. The van der Waals surface area contributed by atoms with E-state index in [1.165, 1.54) is 5.57 Å². The van der Waals surface area contributed by atoms with Crippen molar-refractivity contribution in [3.63, 3.8) is 0 Å².